The summed E-state index contributed by atoms with van der Waals surface area (Å²) in [6.45, 7) is 5.49. The van der Waals surface area contributed by atoms with Gasteiger partial charge in [0.1, 0.15) is 5.75 Å². The summed E-state index contributed by atoms with van der Waals surface area (Å²) in [5.41, 5.74) is 0.809. The Balaban J connectivity index is 1.77. The third kappa shape index (κ3) is 3.18. The van der Waals surface area contributed by atoms with Gasteiger partial charge < -0.3 is 14.2 Å². The van der Waals surface area contributed by atoms with E-state index in [1.54, 1.807) is 25.3 Å². The van der Waals surface area contributed by atoms with Crippen LogP contribution in [0.4, 0.5) is 0 Å². The molecule has 0 radical (unpaired) electrons. The Morgan fingerprint density at radius 3 is 2.83 bits per heavy atom. The highest BCUT2D eigenvalue weighted by Gasteiger charge is 2.54. The van der Waals surface area contributed by atoms with E-state index in [0.29, 0.717) is 25.6 Å². The Hall–Kier alpha value is -1.15. The molecule has 0 bridgehead atoms. The van der Waals surface area contributed by atoms with Crippen molar-refractivity contribution in [1.29, 1.82) is 0 Å². The van der Waals surface area contributed by atoms with Gasteiger partial charge in [-0.3, -0.25) is 0 Å². The molecule has 1 aromatic carbocycles. The summed E-state index contributed by atoms with van der Waals surface area (Å²) in [5, 5.41) is 0. The summed E-state index contributed by atoms with van der Waals surface area (Å²) < 4.78 is 44.8. The molecule has 0 aromatic heterocycles. The number of hydrogen-bond acceptors (Lipinski definition) is 5. The van der Waals surface area contributed by atoms with Crippen molar-refractivity contribution in [1.82, 2.24) is 4.72 Å². The fourth-order valence-electron chi connectivity index (χ4n) is 3.75. The van der Waals surface area contributed by atoms with Crippen LogP contribution in [-0.2, 0) is 19.5 Å². The largest absolute Gasteiger partial charge is 0.494 e. The van der Waals surface area contributed by atoms with Crippen molar-refractivity contribution < 1.29 is 22.6 Å². The molecule has 4 atom stereocenters. The lowest BCUT2D eigenvalue weighted by Crippen LogP contribution is -2.62. The zero-order valence-corrected chi connectivity index (χ0v) is 15.1. The molecule has 1 N–H and O–H groups in total. The van der Waals surface area contributed by atoms with Gasteiger partial charge >= 0.3 is 0 Å². The second-order valence-electron chi connectivity index (χ2n) is 6.41. The van der Waals surface area contributed by atoms with Crippen molar-refractivity contribution >= 4 is 10.0 Å². The van der Waals surface area contributed by atoms with E-state index in [2.05, 4.69) is 4.72 Å². The van der Waals surface area contributed by atoms with E-state index in [-0.39, 0.29) is 28.9 Å². The van der Waals surface area contributed by atoms with Gasteiger partial charge in [-0.05, 0) is 44.0 Å². The van der Waals surface area contributed by atoms with Crippen LogP contribution >= 0.6 is 0 Å². The molecule has 1 heterocycles. The van der Waals surface area contributed by atoms with Gasteiger partial charge in [-0.15, -0.1) is 0 Å². The molecule has 0 unspecified atom stereocenters. The normalized spacial score (nSPS) is 29.1. The maximum absolute atomic E-state index is 12.8. The van der Waals surface area contributed by atoms with Gasteiger partial charge in [0.2, 0.25) is 10.0 Å². The van der Waals surface area contributed by atoms with Crippen molar-refractivity contribution in [3.05, 3.63) is 23.8 Å². The van der Waals surface area contributed by atoms with Crippen LogP contribution in [0.2, 0.25) is 0 Å². The minimum atomic E-state index is -3.58. The quantitative estimate of drug-likeness (QED) is 0.806. The molecule has 1 saturated heterocycles. The molecular weight excluding hydrogens is 330 g/mol. The minimum Gasteiger partial charge on any atom is -0.494 e. The van der Waals surface area contributed by atoms with Crippen LogP contribution in [0.25, 0.3) is 0 Å². The number of aryl methyl sites for hydroxylation is 1. The molecule has 1 aromatic rings. The molecule has 7 heteroatoms. The highest BCUT2D eigenvalue weighted by molar-refractivity contribution is 7.89. The average molecular weight is 355 g/mol. The van der Waals surface area contributed by atoms with Gasteiger partial charge in [0.25, 0.3) is 0 Å². The van der Waals surface area contributed by atoms with Crippen molar-refractivity contribution in [2.75, 3.05) is 26.9 Å². The van der Waals surface area contributed by atoms with Crippen LogP contribution in [-0.4, -0.2) is 47.5 Å². The summed E-state index contributed by atoms with van der Waals surface area (Å²) in [5.74, 6) is 1.02. The van der Waals surface area contributed by atoms with Crippen molar-refractivity contribution in [3.8, 4) is 5.75 Å². The van der Waals surface area contributed by atoms with Gasteiger partial charge in [-0.2, -0.15) is 0 Å². The average Bonchev–Trinajstić information content (AvgIpc) is 2.97. The number of ether oxygens (including phenoxy) is 3. The molecule has 0 spiro atoms. The molecule has 1 aliphatic carbocycles. The molecule has 1 aliphatic heterocycles. The predicted octanol–water partition coefficient (Wildman–Crippen LogP) is 1.72. The van der Waals surface area contributed by atoms with E-state index in [4.69, 9.17) is 14.2 Å². The van der Waals surface area contributed by atoms with E-state index in [1.165, 1.54) is 0 Å². The van der Waals surface area contributed by atoms with Gasteiger partial charge in [-0.25, -0.2) is 13.1 Å². The summed E-state index contributed by atoms with van der Waals surface area (Å²) in [7, 11) is -1.95. The van der Waals surface area contributed by atoms with Crippen LogP contribution in [0.15, 0.2) is 23.1 Å². The Bertz CT molecular complexity index is 690. The lowest BCUT2D eigenvalue weighted by Gasteiger charge is -2.47. The first-order valence-corrected chi connectivity index (χ1v) is 9.82. The molecule has 2 fully saturated rings. The third-order valence-corrected chi connectivity index (χ3v) is 6.39. The maximum atomic E-state index is 12.8. The number of sulfonamides is 1. The SMILES string of the molecule is CCOc1ccc(S(=O)(=O)N[C@H]2[C@@H](COC)[C@H]3OCC[C@@H]23)cc1C. The second kappa shape index (κ2) is 7.00. The summed E-state index contributed by atoms with van der Waals surface area (Å²) >= 11 is 0. The van der Waals surface area contributed by atoms with E-state index < -0.39 is 10.0 Å². The molecule has 6 nitrogen and oxygen atoms in total. The monoisotopic (exact) mass is 355 g/mol. The number of fused-ring (bicyclic) bond motifs is 1. The van der Waals surface area contributed by atoms with Gasteiger partial charge in [-0.1, -0.05) is 0 Å². The van der Waals surface area contributed by atoms with E-state index in [9.17, 15) is 8.42 Å². The molecule has 2 aliphatic rings. The van der Waals surface area contributed by atoms with Crippen LogP contribution in [0.3, 0.4) is 0 Å². The smallest absolute Gasteiger partial charge is 0.240 e. The number of rotatable bonds is 7. The Labute approximate surface area is 143 Å². The van der Waals surface area contributed by atoms with Gasteiger partial charge in [0.05, 0.1) is 24.2 Å². The Kier molecular flexibility index (Phi) is 5.15. The Morgan fingerprint density at radius 2 is 2.17 bits per heavy atom. The lowest BCUT2D eigenvalue weighted by molar-refractivity contribution is -0.0775. The fourth-order valence-corrected chi connectivity index (χ4v) is 5.17. The number of hydrogen-bond donors (Lipinski definition) is 1. The summed E-state index contributed by atoms with van der Waals surface area (Å²) in [6.07, 6.45) is 1.00. The molecular formula is C17H25NO5S. The van der Waals surface area contributed by atoms with Crippen LogP contribution < -0.4 is 9.46 Å². The molecule has 24 heavy (non-hydrogen) atoms. The molecule has 0 amide bonds. The van der Waals surface area contributed by atoms with Crippen LogP contribution in [0.1, 0.15) is 18.9 Å². The first-order chi connectivity index (χ1) is 11.5. The van der Waals surface area contributed by atoms with Gasteiger partial charge in [0.15, 0.2) is 0 Å². The zero-order chi connectivity index (χ0) is 17.3. The number of nitrogens with one attached hydrogen (secondary N) is 1. The van der Waals surface area contributed by atoms with E-state index in [1.807, 2.05) is 13.8 Å². The van der Waals surface area contributed by atoms with Gasteiger partial charge in [0, 0.05) is 31.6 Å². The van der Waals surface area contributed by atoms with E-state index in [0.717, 1.165) is 12.0 Å². The fraction of sp³-hybridized carbons (Fsp3) is 0.647. The highest BCUT2D eigenvalue weighted by atomic mass is 32.2. The standard InChI is InChI=1S/C17H25NO5S/c1-4-22-15-6-5-12(9-11(15)2)24(19,20)18-16-13-7-8-23-17(13)14(16)10-21-3/h5-6,9,13-14,16-18H,4,7-8,10H2,1-3H3/t13-,14+,16+,17-/m0/s1. The first kappa shape index (κ1) is 17.7. The predicted molar refractivity (Wildman–Crippen MR) is 89.7 cm³/mol. The summed E-state index contributed by atoms with van der Waals surface area (Å²) in [4.78, 5) is 0.266. The van der Waals surface area contributed by atoms with Crippen LogP contribution in [0, 0.1) is 18.8 Å². The third-order valence-electron chi connectivity index (χ3n) is 4.93. The van der Waals surface area contributed by atoms with Crippen molar-refractivity contribution in [2.24, 2.45) is 11.8 Å². The highest BCUT2D eigenvalue weighted by Crippen LogP contribution is 2.44. The number of benzene rings is 1. The Morgan fingerprint density at radius 1 is 1.38 bits per heavy atom. The molecule has 1 saturated carbocycles. The first-order valence-electron chi connectivity index (χ1n) is 8.34. The minimum absolute atomic E-state index is 0.0704. The summed E-state index contributed by atoms with van der Waals surface area (Å²) in [6, 6.07) is 4.82. The lowest BCUT2D eigenvalue weighted by atomic mass is 9.68. The maximum Gasteiger partial charge on any atom is 0.240 e. The molecule has 3 rings (SSSR count). The zero-order valence-electron chi connectivity index (χ0n) is 14.3. The molecule has 134 valence electrons. The van der Waals surface area contributed by atoms with Crippen LogP contribution in [0.5, 0.6) is 5.75 Å². The van der Waals surface area contributed by atoms with Crippen molar-refractivity contribution in [2.45, 2.75) is 37.3 Å². The topological polar surface area (TPSA) is 73.9 Å². The van der Waals surface area contributed by atoms with E-state index >= 15 is 0 Å². The van der Waals surface area contributed by atoms with Crippen molar-refractivity contribution in [3.63, 3.8) is 0 Å². The number of methoxy groups -OCH3 is 1. The second-order valence-corrected chi connectivity index (χ2v) is 8.13.